The van der Waals surface area contributed by atoms with Gasteiger partial charge in [0.05, 0.1) is 24.2 Å². The van der Waals surface area contributed by atoms with Gasteiger partial charge in [-0.25, -0.2) is 0 Å². The number of nitrogens with two attached hydrogens (primary N) is 1. The average Bonchev–Trinajstić information content (AvgIpc) is 2.82. The number of carbonyl (C=O) groups is 2. The number of amides is 2. The van der Waals surface area contributed by atoms with Crippen LogP contribution in [0.25, 0.3) is 0 Å². The number of para-hydroxylation sites is 2. The van der Waals surface area contributed by atoms with Gasteiger partial charge in [0.2, 0.25) is 0 Å². The Morgan fingerprint density at radius 2 is 1.56 bits per heavy atom. The fraction of sp³-hybridized carbons (Fsp3) is 0.200. The van der Waals surface area contributed by atoms with Crippen molar-refractivity contribution >= 4 is 34.6 Å². The lowest BCUT2D eigenvalue weighted by atomic mass is 10.1. The van der Waals surface area contributed by atoms with E-state index in [1.807, 2.05) is 38.1 Å². The van der Waals surface area contributed by atoms with Crippen LogP contribution in [0.4, 0.5) is 22.7 Å². The van der Waals surface area contributed by atoms with Gasteiger partial charge in [0, 0.05) is 29.9 Å². The molecule has 166 valence electrons. The average molecular weight is 433 g/mol. The summed E-state index contributed by atoms with van der Waals surface area (Å²) in [6.45, 7) is 5.19. The number of methoxy groups -OCH3 is 1. The third-order valence-corrected chi connectivity index (χ3v) is 5.13. The second-order valence-electron chi connectivity index (χ2n) is 7.14. The lowest BCUT2D eigenvalue weighted by Gasteiger charge is -2.18. The normalized spacial score (nSPS) is 10.3. The number of benzene rings is 3. The van der Waals surface area contributed by atoms with Crippen molar-refractivity contribution in [1.82, 2.24) is 4.90 Å². The van der Waals surface area contributed by atoms with Gasteiger partial charge in [-0.3, -0.25) is 9.59 Å². The van der Waals surface area contributed by atoms with E-state index in [2.05, 4.69) is 10.6 Å². The highest BCUT2D eigenvalue weighted by atomic mass is 16.5. The Hall–Kier alpha value is -4.00. The van der Waals surface area contributed by atoms with E-state index in [4.69, 9.17) is 10.5 Å². The summed E-state index contributed by atoms with van der Waals surface area (Å²) in [4.78, 5) is 27.0. The maximum atomic E-state index is 12.8. The highest BCUT2D eigenvalue weighted by Crippen LogP contribution is 2.30. The highest BCUT2D eigenvalue weighted by Gasteiger charge is 2.14. The number of ether oxygens (including phenoxy) is 1. The van der Waals surface area contributed by atoms with Crippen LogP contribution in [-0.4, -0.2) is 36.9 Å². The summed E-state index contributed by atoms with van der Waals surface area (Å²) in [6, 6.07) is 19.4. The molecule has 3 rings (SSSR count). The van der Waals surface area contributed by atoms with Gasteiger partial charge in [0.1, 0.15) is 5.75 Å². The van der Waals surface area contributed by atoms with Crippen LogP contribution < -0.4 is 21.1 Å². The van der Waals surface area contributed by atoms with Crippen LogP contribution in [0.2, 0.25) is 0 Å². The van der Waals surface area contributed by atoms with Gasteiger partial charge in [0.25, 0.3) is 11.8 Å². The topological polar surface area (TPSA) is 96.7 Å². The molecule has 0 spiro atoms. The largest absolute Gasteiger partial charge is 0.495 e. The minimum atomic E-state index is -0.282. The molecule has 0 aliphatic rings. The fourth-order valence-corrected chi connectivity index (χ4v) is 3.29. The Morgan fingerprint density at radius 3 is 2.22 bits per heavy atom. The first-order valence-corrected chi connectivity index (χ1v) is 10.5. The minimum Gasteiger partial charge on any atom is -0.495 e. The fourth-order valence-electron chi connectivity index (χ4n) is 3.29. The number of hydrogen-bond donors (Lipinski definition) is 3. The predicted molar refractivity (Wildman–Crippen MR) is 129 cm³/mol. The van der Waals surface area contributed by atoms with Crippen molar-refractivity contribution in [2.45, 2.75) is 13.8 Å². The zero-order valence-electron chi connectivity index (χ0n) is 18.5. The monoisotopic (exact) mass is 432 g/mol. The van der Waals surface area contributed by atoms with E-state index in [0.717, 1.165) is 5.69 Å². The summed E-state index contributed by atoms with van der Waals surface area (Å²) in [5.41, 5.74) is 9.58. The van der Waals surface area contributed by atoms with Crippen molar-refractivity contribution in [3.05, 3.63) is 77.9 Å². The molecule has 0 bridgehead atoms. The molecule has 0 heterocycles. The molecule has 0 aromatic heterocycles. The van der Waals surface area contributed by atoms with Crippen LogP contribution in [0.1, 0.15) is 34.6 Å². The Labute approximate surface area is 188 Å². The molecule has 7 nitrogen and oxygen atoms in total. The van der Waals surface area contributed by atoms with Crippen LogP contribution in [0.3, 0.4) is 0 Å². The summed E-state index contributed by atoms with van der Waals surface area (Å²) < 4.78 is 5.36. The second kappa shape index (κ2) is 10.3. The van der Waals surface area contributed by atoms with Gasteiger partial charge < -0.3 is 26.0 Å². The lowest BCUT2D eigenvalue weighted by molar-refractivity contribution is 0.0773. The number of hydrogen-bond acceptors (Lipinski definition) is 5. The minimum absolute atomic E-state index is 0.0292. The van der Waals surface area contributed by atoms with E-state index in [-0.39, 0.29) is 11.8 Å². The lowest BCUT2D eigenvalue weighted by Crippen LogP contribution is -2.30. The van der Waals surface area contributed by atoms with Crippen molar-refractivity contribution in [3.63, 3.8) is 0 Å². The van der Waals surface area contributed by atoms with Crippen molar-refractivity contribution < 1.29 is 14.3 Å². The first-order valence-electron chi connectivity index (χ1n) is 10.5. The van der Waals surface area contributed by atoms with Gasteiger partial charge in [0.15, 0.2) is 0 Å². The molecule has 0 saturated carbocycles. The molecule has 4 N–H and O–H groups in total. The van der Waals surface area contributed by atoms with Gasteiger partial charge in [-0.15, -0.1) is 0 Å². The van der Waals surface area contributed by atoms with E-state index < -0.39 is 0 Å². The maximum Gasteiger partial charge on any atom is 0.255 e. The smallest absolute Gasteiger partial charge is 0.255 e. The zero-order chi connectivity index (χ0) is 23.1. The Kier molecular flexibility index (Phi) is 7.33. The molecule has 0 aliphatic heterocycles. The molecular weight excluding hydrogens is 404 g/mol. The van der Waals surface area contributed by atoms with Gasteiger partial charge in [-0.05, 0) is 68.4 Å². The molecule has 0 aliphatic carbocycles. The van der Waals surface area contributed by atoms with Gasteiger partial charge >= 0.3 is 0 Å². The number of nitrogens with one attached hydrogen (secondary N) is 2. The van der Waals surface area contributed by atoms with Crippen molar-refractivity contribution in [2.24, 2.45) is 0 Å². The third-order valence-electron chi connectivity index (χ3n) is 5.13. The molecule has 3 aromatic rings. The summed E-state index contributed by atoms with van der Waals surface area (Å²) in [7, 11) is 1.59. The summed E-state index contributed by atoms with van der Waals surface area (Å²) in [6.07, 6.45) is 0. The first kappa shape index (κ1) is 22.7. The molecule has 7 heteroatoms. The SMILES string of the molecule is CCN(CC)C(=O)c1ccc(NC(=O)c2ccc(N)c(Nc3ccccc3OC)c2)cc1. The number of rotatable bonds is 8. The van der Waals surface area contributed by atoms with Gasteiger partial charge in [-0.1, -0.05) is 12.1 Å². The summed E-state index contributed by atoms with van der Waals surface area (Å²) in [5, 5.41) is 6.08. The number of nitrogen functional groups attached to an aromatic ring is 1. The highest BCUT2D eigenvalue weighted by molar-refractivity contribution is 6.05. The second-order valence-corrected chi connectivity index (χ2v) is 7.14. The molecule has 0 fully saturated rings. The van der Waals surface area contributed by atoms with E-state index in [1.54, 1.807) is 54.5 Å². The quantitative estimate of drug-likeness (QED) is 0.446. The first-order chi connectivity index (χ1) is 15.5. The van der Waals surface area contributed by atoms with Crippen molar-refractivity contribution in [1.29, 1.82) is 0 Å². The molecular formula is C25H28N4O3. The Bertz CT molecular complexity index is 1090. The Balaban J connectivity index is 1.74. The molecule has 0 radical (unpaired) electrons. The maximum absolute atomic E-state index is 12.8. The Morgan fingerprint density at radius 1 is 0.906 bits per heavy atom. The third kappa shape index (κ3) is 5.18. The molecule has 0 unspecified atom stereocenters. The number of nitrogens with zero attached hydrogens (tertiary/aromatic N) is 1. The van der Waals surface area contributed by atoms with E-state index in [1.165, 1.54) is 0 Å². The van der Waals surface area contributed by atoms with Crippen LogP contribution in [0.5, 0.6) is 5.75 Å². The molecule has 0 atom stereocenters. The molecule has 0 saturated heterocycles. The van der Waals surface area contributed by atoms with Crippen LogP contribution in [0, 0.1) is 0 Å². The molecule has 32 heavy (non-hydrogen) atoms. The zero-order valence-corrected chi connectivity index (χ0v) is 18.5. The number of anilines is 4. The van der Waals surface area contributed by atoms with E-state index in [9.17, 15) is 9.59 Å². The van der Waals surface area contributed by atoms with Crippen molar-refractivity contribution in [3.8, 4) is 5.75 Å². The predicted octanol–water partition coefficient (Wildman–Crippen LogP) is 4.76. The summed E-state index contributed by atoms with van der Waals surface area (Å²) >= 11 is 0. The molecule has 3 aromatic carbocycles. The number of carbonyl (C=O) groups excluding carboxylic acids is 2. The summed E-state index contributed by atoms with van der Waals surface area (Å²) in [5.74, 6) is 0.357. The van der Waals surface area contributed by atoms with Crippen LogP contribution in [-0.2, 0) is 0 Å². The van der Waals surface area contributed by atoms with Gasteiger partial charge in [-0.2, -0.15) is 0 Å². The van der Waals surface area contributed by atoms with Crippen LogP contribution >= 0.6 is 0 Å². The standard InChI is InChI=1S/C25H28N4O3/c1-4-29(5-2)25(31)17-10-13-19(14-11-17)27-24(30)18-12-15-20(26)22(16-18)28-21-8-6-7-9-23(21)32-3/h6-16,28H,4-5,26H2,1-3H3,(H,27,30). The van der Waals surface area contributed by atoms with E-state index in [0.29, 0.717) is 47.0 Å². The van der Waals surface area contributed by atoms with Crippen LogP contribution in [0.15, 0.2) is 66.7 Å². The van der Waals surface area contributed by atoms with E-state index >= 15 is 0 Å². The van der Waals surface area contributed by atoms with Crippen molar-refractivity contribution in [2.75, 3.05) is 36.6 Å². The molecule has 2 amide bonds.